The summed E-state index contributed by atoms with van der Waals surface area (Å²) in [6.45, 7) is 9.00. The molecule has 1 aromatic heterocycles. The fraction of sp³-hybridized carbons (Fsp3) is 0.444. The van der Waals surface area contributed by atoms with E-state index in [0.29, 0.717) is 37.6 Å². The molecule has 0 atom stereocenters. The van der Waals surface area contributed by atoms with Crippen molar-refractivity contribution in [3.8, 4) is 0 Å². The summed E-state index contributed by atoms with van der Waals surface area (Å²) < 4.78 is 26.9. The lowest BCUT2D eigenvalue weighted by molar-refractivity contribution is 0.179. The van der Waals surface area contributed by atoms with Gasteiger partial charge in [-0.1, -0.05) is 18.2 Å². The van der Waals surface area contributed by atoms with E-state index in [2.05, 4.69) is 14.9 Å². The summed E-state index contributed by atoms with van der Waals surface area (Å²) in [6.07, 6.45) is 0. The molecule has 0 aliphatic carbocycles. The smallest absolute Gasteiger partial charge is 0.243 e. The molecule has 1 aromatic carbocycles. The fourth-order valence-corrected chi connectivity index (χ4v) is 4.44. The molecule has 2 heterocycles. The molecule has 1 saturated heterocycles. The Morgan fingerprint density at radius 2 is 1.48 bits per heavy atom. The quantitative estimate of drug-likeness (QED) is 0.833. The van der Waals surface area contributed by atoms with Gasteiger partial charge < -0.3 is 0 Å². The number of aromatic nitrogens is 2. The number of hydrogen-bond acceptors (Lipinski definition) is 5. The molecule has 0 amide bonds. The van der Waals surface area contributed by atoms with Crippen molar-refractivity contribution in [2.45, 2.75) is 32.2 Å². The lowest BCUT2D eigenvalue weighted by Crippen LogP contribution is -2.48. The van der Waals surface area contributed by atoms with Crippen LogP contribution in [0.25, 0.3) is 0 Å². The normalized spacial score (nSPS) is 16.9. The zero-order chi connectivity index (χ0) is 18.0. The number of piperazine rings is 1. The van der Waals surface area contributed by atoms with Gasteiger partial charge in [-0.15, -0.1) is 0 Å². The SMILES string of the molecule is Cc1nc(C)c(CN2CCN(S(=O)(=O)c3ccccc3)CC2)nc1C. The van der Waals surface area contributed by atoms with Crippen LogP contribution < -0.4 is 0 Å². The summed E-state index contributed by atoms with van der Waals surface area (Å²) in [4.78, 5) is 11.8. The first-order valence-corrected chi connectivity index (χ1v) is 9.90. The van der Waals surface area contributed by atoms with Gasteiger partial charge in [0.25, 0.3) is 0 Å². The minimum Gasteiger partial charge on any atom is -0.295 e. The van der Waals surface area contributed by atoms with Crippen molar-refractivity contribution in [2.24, 2.45) is 0 Å². The van der Waals surface area contributed by atoms with Crippen molar-refractivity contribution in [1.29, 1.82) is 0 Å². The first-order valence-electron chi connectivity index (χ1n) is 8.46. The third-order valence-corrected chi connectivity index (χ3v) is 6.58. The van der Waals surface area contributed by atoms with E-state index in [-0.39, 0.29) is 0 Å². The molecular weight excluding hydrogens is 336 g/mol. The first kappa shape index (κ1) is 18.0. The molecule has 0 unspecified atom stereocenters. The average molecular weight is 360 g/mol. The molecule has 25 heavy (non-hydrogen) atoms. The highest BCUT2D eigenvalue weighted by molar-refractivity contribution is 7.89. The van der Waals surface area contributed by atoms with Gasteiger partial charge in [-0.2, -0.15) is 4.31 Å². The second kappa shape index (κ2) is 7.19. The largest absolute Gasteiger partial charge is 0.295 e. The van der Waals surface area contributed by atoms with E-state index in [1.807, 2.05) is 26.8 Å². The summed E-state index contributed by atoms with van der Waals surface area (Å²) in [6, 6.07) is 8.63. The van der Waals surface area contributed by atoms with E-state index in [1.54, 1.807) is 28.6 Å². The molecule has 0 bridgehead atoms. The number of rotatable bonds is 4. The van der Waals surface area contributed by atoms with Gasteiger partial charge in [0.1, 0.15) is 0 Å². The third kappa shape index (κ3) is 3.89. The Hall–Kier alpha value is -1.83. The van der Waals surface area contributed by atoms with Crippen LogP contribution in [0.2, 0.25) is 0 Å². The monoisotopic (exact) mass is 360 g/mol. The molecule has 0 saturated carbocycles. The Bertz CT molecular complexity index is 845. The molecular formula is C18H24N4O2S. The maximum absolute atomic E-state index is 12.7. The van der Waals surface area contributed by atoms with Gasteiger partial charge in [0.2, 0.25) is 10.0 Å². The molecule has 1 aliphatic rings. The highest BCUT2D eigenvalue weighted by Gasteiger charge is 2.28. The minimum atomic E-state index is -3.40. The van der Waals surface area contributed by atoms with Crippen molar-refractivity contribution in [3.05, 3.63) is 53.1 Å². The molecule has 0 spiro atoms. The number of benzene rings is 1. The van der Waals surface area contributed by atoms with Crippen LogP contribution in [-0.4, -0.2) is 53.8 Å². The topological polar surface area (TPSA) is 66.4 Å². The molecule has 3 rings (SSSR count). The van der Waals surface area contributed by atoms with Gasteiger partial charge in [-0.05, 0) is 32.9 Å². The van der Waals surface area contributed by atoms with E-state index in [9.17, 15) is 8.42 Å². The Morgan fingerprint density at radius 3 is 2.12 bits per heavy atom. The predicted molar refractivity (Wildman–Crippen MR) is 96.7 cm³/mol. The first-order chi connectivity index (χ1) is 11.9. The summed E-state index contributed by atoms with van der Waals surface area (Å²) in [5, 5.41) is 0. The average Bonchev–Trinajstić information content (AvgIpc) is 2.61. The minimum absolute atomic E-state index is 0.360. The van der Waals surface area contributed by atoms with Crippen LogP contribution in [0.3, 0.4) is 0 Å². The maximum Gasteiger partial charge on any atom is 0.243 e. The van der Waals surface area contributed by atoms with E-state index < -0.39 is 10.0 Å². The predicted octanol–water partition coefficient (Wildman–Crippen LogP) is 1.91. The zero-order valence-corrected chi connectivity index (χ0v) is 15.8. The van der Waals surface area contributed by atoms with Crippen LogP contribution in [0.5, 0.6) is 0 Å². The number of sulfonamides is 1. The lowest BCUT2D eigenvalue weighted by atomic mass is 10.2. The lowest BCUT2D eigenvalue weighted by Gasteiger charge is -2.34. The Kier molecular flexibility index (Phi) is 5.17. The van der Waals surface area contributed by atoms with Crippen LogP contribution in [-0.2, 0) is 16.6 Å². The highest BCUT2D eigenvalue weighted by Crippen LogP contribution is 2.18. The molecule has 6 nitrogen and oxygen atoms in total. The van der Waals surface area contributed by atoms with Crippen LogP contribution in [0, 0.1) is 20.8 Å². The molecule has 1 aliphatic heterocycles. The standard InChI is InChI=1S/C18H24N4O2S/c1-14-15(2)20-18(16(3)19-14)13-21-9-11-22(12-10-21)25(23,24)17-7-5-4-6-8-17/h4-8H,9-13H2,1-3H3. The van der Waals surface area contributed by atoms with Gasteiger partial charge >= 0.3 is 0 Å². The van der Waals surface area contributed by atoms with E-state index >= 15 is 0 Å². The summed E-state index contributed by atoms with van der Waals surface area (Å²) in [5.41, 5.74) is 3.83. The van der Waals surface area contributed by atoms with E-state index in [1.165, 1.54) is 0 Å². The van der Waals surface area contributed by atoms with Crippen molar-refractivity contribution < 1.29 is 8.42 Å². The zero-order valence-electron chi connectivity index (χ0n) is 14.9. The van der Waals surface area contributed by atoms with Gasteiger partial charge in [0.15, 0.2) is 0 Å². The molecule has 7 heteroatoms. The maximum atomic E-state index is 12.7. The van der Waals surface area contributed by atoms with Crippen molar-refractivity contribution in [1.82, 2.24) is 19.2 Å². The van der Waals surface area contributed by atoms with Crippen molar-refractivity contribution in [3.63, 3.8) is 0 Å². The van der Waals surface area contributed by atoms with Crippen LogP contribution in [0.4, 0.5) is 0 Å². The number of hydrogen-bond donors (Lipinski definition) is 0. The summed E-state index contributed by atoms with van der Waals surface area (Å²) in [5.74, 6) is 0. The molecule has 0 radical (unpaired) electrons. The van der Waals surface area contributed by atoms with Gasteiger partial charge in [-0.3, -0.25) is 14.9 Å². The number of aryl methyl sites for hydroxylation is 3. The van der Waals surface area contributed by atoms with E-state index in [4.69, 9.17) is 0 Å². The molecule has 0 N–H and O–H groups in total. The number of nitrogens with zero attached hydrogens (tertiary/aromatic N) is 4. The molecule has 2 aromatic rings. The van der Waals surface area contributed by atoms with Crippen LogP contribution in [0.15, 0.2) is 35.2 Å². The summed E-state index contributed by atoms with van der Waals surface area (Å²) >= 11 is 0. The molecule has 134 valence electrons. The Morgan fingerprint density at radius 1 is 0.880 bits per heavy atom. The van der Waals surface area contributed by atoms with Crippen molar-refractivity contribution in [2.75, 3.05) is 26.2 Å². The third-order valence-electron chi connectivity index (χ3n) is 4.66. The Labute approximate surface area is 149 Å². The second-order valence-corrected chi connectivity index (χ2v) is 8.36. The Balaban J connectivity index is 1.66. The van der Waals surface area contributed by atoms with Crippen LogP contribution >= 0.6 is 0 Å². The summed E-state index contributed by atoms with van der Waals surface area (Å²) in [7, 11) is -3.40. The van der Waals surface area contributed by atoms with Gasteiger partial charge in [0.05, 0.1) is 27.7 Å². The van der Waals surface area contributed by atoms with E-state index in [0.717, 1.165) is 22.8 Å². The van der Waals surface area contributed by atoms with Gasteiger partial charge in [0, 0.05) is 32.7 Å². The highest BCUT2D eigenvalue weighted by atomic mass is 32.2. The van der Waals surface area contributed by atoms with Crippen molar-refractivity contribution >= 4 is 10.0 Å². The second-order valence-electron chi connectivity index (χ2n) is 6.42. The molecule has 1 fully saturated rings. The van der Waals surface area contributed by atoms with Crippen LogP contribution in [0.1, 0.15) is 22.8 Å². The van der Waals surface area contributed by atoms with Gasteiger partial charge in [-0.25, -0.2) is 8.42 Å². The fourth-order valence-electron chi connectivity index (χ4n) is 2.99.